The number of benzene rings is 5. The number of nitrogens with one attached hydrogen (secondary N) is 2. The van der Waals surface area contributed by atoms with Crippen LogP contribution in [0.5, 0.6) is 0 Å². The Morgan fingerprint density at radius 3 is 1.31 bits per heavy atom. The second-order valence-electron chi connectivity index (χ2n) is 32.7. The Hall–Kier alpha value is -8.87. The van der Waals surface area contributed by atoms with Crippen molar-refractivity contribution < 1.29 is 52.2 Å². The molecule has 7 aromatic heterocycles. The van der Waals surface area contributed by atoms with Gasteiger partial charge in [-0.2, -0.15) is 36.2 Å². The zero-order valence-electron chi connectivity index (χ0n) is 73.2. The number of pyridine rings is 5. The van der Waals surface area contributed by atoms with Gasteiger partial charge in [-0.15, -0.1) is 43.9 Å². The molecule has 0 aliphatic heterocycles. The van der Waals surface area contributed by atoms with Crippen molar-refractivity contribution in [2.45, 2.75) is 200 Å². The molecule has 6 N–H and O–H groups in total. The van der Waals surface area contributed by atoms with Crippen molar-refractivity contribution >= 4 is 183 Å². The summed E-state index contributed by atoms with van der Waals surface area (Å²) < 4.78 is 43.9. The van der Waals surface area contributed by atoms with Gasteiger partial charge in [0.05, 0.1) is 21.1 Å². The number of thioether (sulfide) groups is 4. The molecule has 0 unspecified atom stereocenters. The second-order valence-corrected chi connectivity index (χ2v) is 45.3. The van der Waals surface area contributed by atoms with Gasteiger partial charge in [0.1, 0.15) is 33.3 Å². The van der Waals surface area contributed by atoms with E-state index in [1.165, 1.54) is 53.4 Å². The largest absolute Gasteiger partial charge is 0.489 e. The number of nitrogens with two attached hydrogens (primary N) is 1. The van der Waals surface area contributed by atoms with E-state index in [0.717, 1.165) is 80.8 Å². The number of thiol groups is 1. The lowest BCUT2D eigenvalue weighted by Crippen LogP contribution is -2.31. The summed E-state index contributed by atoms with van der Waals surface area (Å²) in [5, 5.41) is 70.0. The molecule has 0 aliphatic carbocycles. The number of hydrogen-bond acceptors (Lipinski definition) is 27. The fraction of sp³-hybridized carbons (Fsp3) is 0.318. The fourth-order valence-electron chi connectivity index (χ4n) is 10.1. The molecule has 0 aliphatic rings. The van der Waals surface area contributed by atoms with Gasteiger partial charge in [-0.25, -0.2) is 24.9 Å². The number of rotatable bonds is 21. The molecule has 0 saturated carbocycles. The average Bonchev–Trinajstić information content (AvgIpc) is 0.910. The fourth-order valence-corrected chi connectivity index (χ4v) is 15.4. The highest BCUT2D eigenvalue weighted by molar-refractivity contribution is 9.11. The topological polar surface area (TPSA) is 387 Å². The van der Waals surface area contributed by atoms with Crippen molar-refractivity contribution in [3.63, 3.8) is 0 Å². The zero-order chi connectivity index (χ0) is 95.7. The molecule has 26 nitrogen and oxygen atoms in total. The van der Waals surface area contributed by atoms with E-state index in [1.54, 1.807) is 78.1 Å². The van der Waals surface area contributed by atoms with E-state index in [-0.39, 0.29) is 64.9 Å². The minimum Gasteiger partial charge on any atom is -0.463 e. The summed E-state index contributed by atoms with van der Waals surface area (Å²) in [5.41, 5.74) is 16.3. The summed E-state index contributed by atoms with van der Waals surface area (Å²) in [5.74, 6) is 1.24. The predicted octanol–water partition coefficient (Wildman–Crippen LogP) is 22.9. The average molecular weight is 2120 g/mol. The number of nitro groups is 2. The molecule has 0 bridgehead atoms. The molecular formula is C88H99BBr4ClF3N16O10S5. The van der Waals surface area contributed by atoms with E-state index in [0.29, 0.717) is 67.9 Å². The maximum absolute atomic E-state index is 13.0. The Morgan fingerprint density at radius 2 is 0.891 bits per heavy atom. The predicted molar refractivity (Wildman–Crippen MR) is 523 cm³/mol. The van der Waals surface area contributed by atoms with Gasteiger partial charge >= 0.3 is 24.7 Å². The minimum absolute atomic E-state index is 0.0123. The first-order chi connectivity index (χ1) is 59.6. The molecular weight excluding hydrogens is 2020 g/mol. The summed E-state index contributed by atoms with van der Waals surface area (Å²) >= 11 is 29.0. The van der Waals surface area contributed by atoms with Gasteiger partial charge in [0.15, 0.2) is 5.03 Å². The van der Waals surface area contributed by atoms with Crippen LogP contribution in [0, 0.1) is 34.1 Å². The van der Waals surface area contributed by atoms with Gasteiger partial charge in [0.25, 0.3) is 6.47 Å². The number of ether oxygens (including phenoxy) is 1. The number of halogens is 8. The molecule has 0 saturated heterocycles. The monoisotopic (exact) mass is 2120 g/mol. The van der Waals surface area contributed by atoms with E-state index in [4.69, 9.17) is 32.4 Å². The molecule has 7 heterocycles. The van der Waals surface area contributed by atoms with Crippen molar-refractivity contribution in [2.75, 3.05) is 5.73 Å². The van der Waals surface area contributed by atoms with Crippen molar-refractivity contribution in [3.8, 4) is 33.9 Å². The van der Waals surface area contributed by atoms with Gasteiger partial charge in [0, 0.05) is 127 Å². The minimum atomic E-state index is -4.33. The van der Waals surface area contributed by atoms with Crippen LogP contribution in [0.3, 0.4) is 0 Å². The van der Waals surface area contributed by atoms with Crippen LogP contribution < -0.4 is 11.2 Å². The van der Waals surface area contributed by atoms with E-state index in [1.807, 2.05) is 119 Å². The molecule has 0 spiro atoms. The summed E-state index contributed by atoms with van der Waals surface area (Å²) in [7, 11) is -1.54. The summed E-state index contributed by atoms with van der Waals surface area (Å²) in [4.78, 5) is 76.5. The number of ketones is 2. The highest BCUT2D eigenvalue weighted by atomic mass is 79.9. The molecule has 0 atom stereocenters. The number of tetrazole rings is 2. The lowest BCUT2D eigenvalue weighted by molar-refractivity contribution is -0.388. The van der Waals surface area contributed by atoms with Crippen molar-refractivity contribution in [3.05, 3.63) is 270 Å². The van der Waals surface area contributed by atoms with Crippen LogP contribution in [0.15, 0.2) is 221 Å². The lowest BCUT2D eigenvalue weighted by Gasteiger charge is -2.20. The maximum atomic E-state index is 13.0. The van der Waals surface area contributed by atoms with Gasteiger partial charge in [-0.3, -0.25) is 34.6 Å². The lowest BCUT2D eigenvalue weighted by atomic mass is 9.77. The number of aromatic nitrogens is 13. The van der Waals surface area contributed by atoms with E-state index in [2.05, 4.69) is 238 Å². The number of nitrogen functional groups attached to an aromatic ring is 1. The van der Waals surface area contributed by atoms with Crippen LogP contribution in [0.1, 0.15) is 148 Å². The highest BCUT2D eigenvalue weighted by Gasteiger charge is 2.31. The molecule has 12 rings (SSSR count). The summed E-state index contributed by atoms with van der Waals surface area (Å²) in [6, 6.07) is 44.1. The van der Waals surface area contributed by atoms with Crippen LogP contribution in [0.25, 0.3) is 33.9 Å². The quantitative estimate of drug-likeness (QED) is 0.00740. The first kappa shape index (κ1) is 110. The molecule has 40 heteroatoms. The van der Waals surface area contributed by atoms with Gasteiger partial charge in [-0.1, -0.05) is 259 Å². The molecule has 12 aromatic rings. The van der Waals surface area contributed by atoms with Crippen LogP contribution in [-0.2, 0) is 57.6 Å². The number of aromatic amines is 2. The number of aryl methyl sites for hydroxylation is 2. The summed E-state index contributed by atoms with van der Waals surface area (Å²) in [6.07, 6.45) is 5.68. The van der Waals surface area contributed by atoms with Crippen LogP contribution in [0.2, 0.25) is 5.15 Å². The number of anilines is 1. The van der Waals surface area contributed by atoms with Crippen molar-refractivity contribution in [2.24, 2.45) is 0 Å². The maximum Gasteiger partial charge on any atom is 0.489 e. The highest BCUT2D eigenvalue weighted by Crippen LogP contribution is 2.41. The number of hydrogen-bond donors (Lipinski definition) is 6. The molecule has 128 heavy (non-hydrogen) atoms. The van der Waals surface area contributed by atoms with Crippen molar-refractivity contribution in [1.82, 2.24) is 66.2 Å². The Labute approximate surface area is 804 Å². The summed E-state index contributed by atoms with van der Waals surface area (Å²) in [6.45, 7) is 35.8. The number of Topliss-reactive ketones (excluding diaryl/α,β-unsaturated/α-hetero) is 2. The Kier molecular flexibility index (Phi) is 44.3. The normalized spacial score (nSPS) is 11.2. The zero-order valence-corrected chi connectivity index (χ0v) is 84.4. The van der Waals surface area contributed by atoms with Crippen LogP contribution >= 0.6 is 135 Å². The van der Waals surface area contributed by atoms with Gasteiger partial charge in [0.2, 0.25) is 16.8 Å². The Balaban J connectivity index is 0.000000272. The molecule has 0 fully saturated rings. The third kappa shape index (κ3) is 42.8. The van der Waals surface area contributed by atoms with E-state index >= 15 is 0 Å². The molecule has 680 valence electrons. The Morgan fingerprint density at radius 1 is 0.516 bits per heavy atom. The van der Waals surface area contributed by atoms with Gasteiger partial charge in [-0.05, 0) is 157 Å². The van der Waals surface area contributed by atoms with Crippen LogP contribution in [0.4, 0.5) is 30.2 Å². The number of H-pyrrole nitrogens is 2. The molecule has 0 amide bonds. The number of nitrogens with zero attached hydrogens (tertiary/aromatic N) is 13. The van der Waals surface area contributed by atoms with E-state index in [9.17, 15) is 47.8 Å². The number of alkyl halides is 3. The SMILES string of the molecule is CC(C)(C)S.CC(C)(C)Sc1ncc(Br)cc1N.CC(C)(C)Sc1ncc(Br)cc1[N+](=O)[O-].Cc1ccc(CC(=O)Cc2cc(-c3ccccc3-c3nn[nH]n3)cnc2SC(C)(C)C)cc1.Cc1ccc(CC(=O)Cc2cc(Br)cnc2SC(C)(C)C)cc1.O=COCc1ccc(C(F)(F)F)cc1.O=[N+]([O-])c1cc(Br)cnc1Cl.OB(O)c1ccccc1-c1nn[nH]n1. The third-order valence-corrected chi connectivity index (χ3v) is 22.0. The first-order valence-electron chi connectivity index (χ1n) is 38.8. The van der Waals surface area contributed by atoms with Gasteiger partial charge < -0.3 is 20.5 Å². The standard InChI is InChI=1S/C26H27N5OS.C19H22BrNOS.C9H11BrN2O2S.C9H13BrN2S.C9H7F3O2.C7H7BN4O2.C5H2BrClN2O2.C4H10S/c1-17-9-11-18(12-10-17)13-21(32)15-19-14-20(16-27-25(19)33-26(2,3)4)22-7-5-6-8-23(22)24-28-30-31-29-24;1-13-5-7-14(8-6-13)9-17(22)11-15-10-16(20)12-21-18(15)23-19(2,3)4;1-9(2,3)15-8-7(12(13)14)4-6(10)5-11-8;1-9(2,3)13-8-7(11)4-6(10)5-12-8;10-9(11,12)8-3-1-7(2-4-8)5-14-6-13;13-8(14)6-4-2-1-3-5(6)7-9-11-12-10-7;6-3-1-4(9(10)11)5(7)8-2-3;1-4(2,3)5/h5-12,14,16H,13,15H2,1-4H3,(H,28,29,30,31);5-8,10,12H,9,11H2,1-4H3;4-5H,1-3H3;4-5H,11H2,1-3H3;1-4,6H,5H2;1-4,13-14H,(H,9,10,11,12);1-2H;5H,1-3H3. The first-order valence-corrected chi connectivity index (χ1v) is 46.0. The number of carbonyl (C=O) groups excluding carboxylic acids is 3. The number of carbonyl (C=O) groups is 3. The van der Waals surface area contributed by atoms with Crippen LogP contribution in [-0.4, -0.2) is 135 Å². The molecule has 5 aromatic carbocycles. The Bertz CT molecular complexity index is 5580. The molecule has 0 radical (unpaired) electrons. The van der Waals surface area contributed by atoms with Crippen molar-refractivity contribution in [1.29, 1.82) is 0 Å². The second kappa shape index (κ2) is 51.7. The third-order valence-electron chi connectivity index (χ3n) is 15.3. The smallest absolute Gasteiger partial charge is 0.463 e. The van der Waals surface area contributed by atoms with E-state index < -0.39 is 28.7 Å².